The van der Waals surface area contributed by atoms with Crippen molar-refractivity contribution >= 4 is 62.3 Å². The van der Waals surface area contributed by atoms with Crippen LogP contribution in [-0.4, -0.2) is 50.9 Å². The highest BCUT2D eigenvalue weighted by molar-refractivity contribution is 7.92. The highest BCUT2D eigenvalue weighted by Gasteiger charge is 2.33. The molecule has 0 aromatic heterocycles. The van der Waals surface area contributed by atoms with E-state index in [9.17, 15) is 18.0 Å². The first-order chi connectivity index (χ1) is 18.8. The van der Waals surface area contributed by atoms with Gasteiger partial charge in [-0.2, -0.15) is 0 Å². The van der Waals surface area contributed by atoms with Gasteiger partial charge in [0.25, 0.3) is 10.0 Å². The van der Waals surface area contributed by atoms with Crippen molar-refractivity contribution in [3.05, 3.63) is 87.4 Å². The first-order valence-electron chi connectivity index (χ1n) is 12.3. The molecule has 2 amide bonds. The summed E-state index contributed by atoms with van der Waals surface area (Å²) in [4.78, 5) is 28.1. The Bertz CT molecular complexity index is 1430. The van der Waals surface area contributed by atoms with Crippen molar-refractivity contribution in [2.24, 2.45) is 0 Å². The van der Waals surface area contributed by atoms with Crippen LogP contribution in [0.1, 0.15) is 26.3 Å². The second-order valence-electron chi connectivity index (χ2n) is 9.22. The fourth-order valence-corrected chi connectivity index (χ4v) is 5.91. The molecule has 0 saturated heterocycles. The molecule has 0 bridgehead atoms. The number of amides is 2. The van der Waals surface area contributed by atoms with E-state index in [0.717, 1.165) is 4.31 Å². The largest absolute Gasteiger partial charge is 0.497 e. The van der Waals surface area contributed by atoms with Gasteiger partial charge in [0.15, 0.2) is 0 Å². The van der Waals surface area contributed by atoms with E-state index in [2.05, 4.69) is 5.32 Å². The molecule has 214 valence electrons. The number of carbonyl (C=O) groups excluding carboxylic acids is 2. The summed E-state index contributed by atoms with van der Waals surface area (Å²) in [6.45, 7) is 4.42. The van der Waals surface area contributed by atoms with Crippen LogP contribution in [0.2, 0.25) is 15.1 Å². The third kappa shape index (κ3) is 7.60. The Hall–Kier alpha value is -2.98. The number of ether oxygens (including phenoxy) is 1. The number of hydrogen-bond donors (Lipinski definition) is 1. The van der Waals surface area contributed by atoms with Crippen molar-refractivity contribution in [1.29, 1.82) is 0 Å². The zero-order valence-corrected chi connectivity index (χ0v) is 25.5. The van der Waals surface area contributed by atoms with E-state index in [1.807, 2.05) is 0 Å². The Labute approximate surface area is 249 Å². The van der Waals surface area contributed by atoms with Crippen LogP contribution in [0.5, 0.6) is 5.75 Å². The fourth-order valence-electron chi connectivity index (χ4n) is 3.85. The van der Waals surface area contributed by atoms with Crippen LogP contribution < -0.4 is 14.4 Å². The monoisotopic (exact) mass is 625 g/mol. The molecule has 3 rings (SSSR count). The van der Waals surface area contributed by atoms with E-state index < -0.39 is 34.4 Å². The quantitative estimate of drug-likeness (QED) is 0.291. The number of sulfonamides is 1. The number of carbonyl (C=O) groups is 2. The van der Waals surface area contributed by atoms with Gasteiger partial charge in [-0.05, 0) is 81.4 Å². The maximum absolute atomic E-state index is 13.9. The van der Waals surface area contributed by atoms with Gasteiger partial charge >= 0.3 is 0 Å². The van der Waals surface area contributed by atoms with Crippen LogP contribution >= 0.6 is 34.8 Å². The van der Waals surface area contributed by atoms with Crippen molar-refractivity contribution in [2.75, 3.05) is 18.0 Å². The normalized spacial score (nSPS) is 12.1. The van der Waals surface area contributed by atoms with E-state index in [1.165, 1.54) is 60.5 Å². The SMILES string of the molecule is COc1ccc(S(=O)(=O)N(CC(=O)N(Cc2c(Cl)cccc2Cl)[C@@H](C)C(=O)NC(C)C)c2ccc(Cl)cc2)cc1. The molecule has 3 aromatic carbocycles. The smallest absolute Gasteiger partial charge is 0.264 e. The molecular formula is C28H30Cl3N3O5S. The van der Waals surface area contributed by atoms with Gasteiger partial charge in [-0.25, -0.2) is 8.42 Å². The van der Waals surface area contributed by atoms with Crippen LogP contribution in [-0.2, 0) is 26.2 Å². The van der Waals surface area contributed by atoms with Crippen LogP contribution in [0.15, 0.2) is 71.6 Å². The molecule has 0 fully saturated rings. The first-order valence-corrected chi connectivity index (χ1v) is 14.9. The molecule has 8 nitrogen and oxygen atoms in total. The third-order valence-corrected chi connectivity index (χ3v) is 8.78. The lowest BCUT2D eigenvalue weighted by molar-refractivity contribution is -0.139. The van der Waals surface area contributed by atoms with Crippen molar-refractivity contribution in [1.82, 2.24) is 10.2 Å². The third-order valence-electron chi connectivity index (χ3n) is 6.03. The van der Waals surface area contributed by atoms with Crippen molar-refractivity contribution in [3.8, 4) is 5.75 Å². The maximum Gasteiger partial charge on any atom is 0.264 e. The van der Waals surface area contributed by atoms with Gasteiger partial charge in [0.2, 0.25) is 11.8 Å². The van der Waals surface area contributed by atoms with E-state index >= 15 is 0 Å². The number of benzene rings is 3. The molecule has 1 N–H and O–H groups in total. The first kappa shape index (κ1) is 31.5. The second kappa shape index (κ2) is 13.6. The van der Waals surface area contributed by atoms with Crippen molar-refractivity contribution in [2.45, 2.75) is 44.3 Å². The predicted octanol–water partition coefficient (Wildman–Crippen LogP) is 5.79. The van der Waals surface area contributed by atoms with Crippen LogP contribution in [0.3, 0.4) is 0 Å². The lowest BCUT2D eigenvalue weighted by Gasteiger charge is -2.32. The lowest BCUT2D eigenvalue weighted by Crippen LogP contribution is -2.52. The minimum absolute atomic E-state index is 0.0534. The minimum Gasteiger partial charge on any atom is -0.497 e. The number of nitrogens with one attached hydrogen (secondary N) is 1. The zero-order valence-electron chi connectivity index (χ0n) is 22.4. The van der Waals surface area contributed by atoms with Gasteiger partial charge in [-0.3, -0.25) is 13.9 Å². The number of nitrogens with zero attached hydrogens (tertiary/aromatic N) is 2. The minimum atomic E-state index is -4.24. The summed E-state index contributed by atoms with van der Waals surface area (Å²) in [5, 5.41) is 3.80. The van der Waals surface area contributed by atoms with Crippen molar-refractivity contribution < 1.29 is 22.7 Å². The van der Waals surface area contributed by atoms with Crippen LogP contribution in [0.4, 0.5) is 5.69 Å². The highest BCUT2D eigenvalue weighted by Crippen LogP contribution is 2.29. The topological polar surface area (TPSA) is 96.0 Å². The van der Waals surface area contributed by atoms with Gasteiger partial charge in [0, 0.05) is 33.2 Å². The molecule has 0 radical (unpaired) electrons. The van der Waals surface area contributed by atoms with Gasteiger partial charge in [-0.15, -0.1) is 0 Å². The molecule has 0 heterocycles. The predicted molar refractivity (Wildman–Crippen MR) is 159 cm³/mol. The second-order valence-corrected chi connectivity index (χ2v) is 12.3. The molecule has 0 spiro atoms. The van der Waals surface area contributed by atoms with Gasteiger partial charge < -0.3 is 15.0 Å². The number of halogens is 3. The Morgan fingerprint density at radius 2 is 1.48 bits per heavy atom. The summed E-state index contributed by atoms with van der Waals surface area (Å²) in [5.74, 6) is -0.585. The summed E-state index contributed by atoms with van der Waals surface area (Å²) in [6.07, 6.45) is 0. The Morgan fingerprint density at radius 1 is 0.900 bits per heavy atom. The van der Waals surface area contributed by atoms with Crippen molar-refractivity contribution in [3.63, 3.8) is 0 Å². The zero-order chi connectivity index (χ0) is 29.6. The van der Waals surface area contributed by atoms with E-state index in [4.69, 9.17) is 39.5 Å². The molecule has 0 unspecified atom stereocenters. The fraction of sp³-hybridized carbons (Fsp3) is 0.286. The summed E-state index contributed by atoms with van der Waals surface area (Å²) >= 11 is 18.8. The molecule has 3 aromatic rings. The molecule has 0 saturated carbocycles. The summed E-state index contributed by atoms with van der Waals surface area (Å²) in [7, 11) is -2.77. The molecule has 0 aliphatic rings. The van der Waals surface area contributed by atoms with Gasteiger partial charge in [0.05, 0.1) is 17.7 Å². The average molecular weight is 627 g/mol. The molecule has 0 aliphatic heterocycles. The Balaban J connectivity index is 2.06. The van der Waals surface area contributed by atoms with Crippen LogP contribution in [0.25, 0.3) is 0 Å². The van der Waals surface area contributed by atoms with E-state index in [0.29, 0.717) is 26.4 Å². The van der Waals surface area contributed by atoms with Gasteiger partial charge in [-0.1, -0.05) is 40.9 Å². The lowest BCUT2D eigenvalue weighted by atomic mass is 10.1. The molecule has 0 aliphatic carbocycles. The molecular weight excluding hydrogens is 597 g/mol. The molecule has 1 atom stereocenters. The summed E-state index contributed by atoms with van der Waals surface area (Å²) in [5.41, 5.74) is 0.642. The summed E-state index contributed by atoms with van der Waals surface area (Å²) in [6, 6.07) is 15.6. The highest BCUT2D eigenvalue weighted by atomic mass is 35.5. The van der Waals surface area contributed by atoms with Gasteiger partial charge in [0.1, 0.15) is 18.3 Å². The Kier molecular flexibility index (Phi) is 10.7. The number of anilines is 1. The number of methoxy groups -OCH3 is 1. The van der Waals surface area contributed by atoms with Crippen LogP contribution in [0, 0.1) is 0 Å². The molecule has 40 heavy (non-hydrogen) atoms. The number of hydrogen-bond acceptors (Lipinski definition) is 5. The summed E-state index contributed by atoms with van der Waals surface area (Å²) < 4.78 is 33.8. The Morgan fingerprint density at radius 3 is 2.00 bits per heavy atom. The van der Waals surface area contributed by atoms with E-state index in [1.54, 1.807) is 39.0 Å². The maximum atomic E-state index is 13.9. The standard InChI is InChI=1S/C28H30Cl3N3O5S/c1-18(2)32-28(36)19(3)33(16-24-25(30)6-5-7-26(24)31)27(35)17-34(21-10-8-20(29)9-11-21)40(37,38)23-14-12-22(39-4)13-15-23/h5-15,18-19H,16-17H2,1-4H3,(H,32,36)/t19-/m0/s1. The molecule has 12 heteroatoms. The number of rotatable bonds is 11. The van der Waals surface area contributed by atoms with E-state index in [-0.39, 0.29) is 23.2 Å². The average Bonchev–Trinajstić information content (AvgIpc) is 2.91.